The predicted molar refractivity (Wildman–Crippen MR) is 133 cm³/mol. The zero-order chi connectivity index (χ0) is 23.5. The van der Waals surface area contributed by atoms with Gasteiger partial charge >= 0.3 is 5.97 Å². The molecule has 0 atom stereocenters. The number of hydrogen-bond donors (Lipinski definition) is 1. The number of fused-ring (bicyclic) bond motifs is 1. The van der Waals surface area contributed by atoms with Gasteiger partial charge in [0.25, 0.3) is 0 Å². The summed E-state index contributed by atoms with van der Waals surface area (Å²) in [5.41, 5.74) is 3.73. The molecule has 1 aliphatic rings. The highest BCUT2D eigenvalue weighted by Gasteiger charge is 2.20. The van der Waals surface area contributed by atoms with Crippen LogP contribution >= 0.6 is 11.6 Å². The predicted octanol–water partition coefficient (Wildman–Crippen LogP) is 7.19. The summed E-state index contributed by atoms with van der Waals surface area (Å²) in [7, 11) is 0. The van der Waals surface area contributed by atoms with Gasteiger partial charge < -0.3 is 19.5 Å². The Morgan fingerprint density at radius 2 is 1.59 bits per heavy atom. The van der Waals surface area contributed by atoms with Crippen LogP contribution in [0.4, 0.5) is 5.69 Å². The summed E-state index contributed by atoms with van der Waals surface area (Å²) in [6.07, 6.45) is 0.924. The van der Waals surface area contributed by atoms with Crippen LogP contribution in [0.15, 0.2) is 91.0 Å². The molecule has 0 fully saturated rings. The monoisotopic (exact) mass is 471 g/mol. The van der Waals surface area contributed by atoms with Crippen LogP contribution in [0, 0.1) is 0 Å². The molecule has 0 radical (unpaired) electrons. The molecule has 1 heterocycles. The number of benzene rings is 4. The summed E-state index contributed by atoms with van der Waals surface area (Å²) in [6, 6.07) is 28.4. The number of rotatable bonds is 7. The smallest absolute Gasteiger partial charge is 0.335 e. The quantitative estimate of drug-likeness (QED) is 0.309. The Labute approximate surface area is 202 Å². The zero-order valence-corrected chi connectivity index (χ0v) is 19.0. The van der Waals surface area contributed by atoms with Crippen LogP contribution in [0.5, 0.6) is 23.0 Å². The first-order chi connectivity index (χ1) is 16.5. The van der Waals surface area contributed by atoms with Crippen LogP contribution in [0.25, 0.3) is 0 Å². The minimum atomic E-state index is -1.02. The minimum absolute atomic E-state index is 0.126. The summed E-state index contributed by atoms with van der Waals surface area (Å²) in [6.45, 7) is 1.73. The molecule has 6 heteroatoms. The van der Waals surface area contributed by atoms with Crippen molar-refractivity contribution in [1.29, 1.82) is 0 Å². The largest absolute Gasteiger partial charge is 0.478 e. The Balaban J connectivity index is 1.25. The lowest BCUT2D eigenvalue weighted by atomic mass is 10.1. The lowest BCUT2D eigenvalue weighted by Crippen LogP contribution is -2.19. The number of aromatic carboxylic acids is 1. The molecule has 1 N–H and O–H groups in total. The second kappa shape index (κ2) is 9.49. The number of hydrogen-bond acceptors (Lipinski definition) is 4. The number of nitrogens with zero attached hydrogens (tertiary/aromatic N) is 1. The molecular weight excluding hydrogens is 450 g/mol. The van der Waals surface area contributed by atoms with Crippen LogP contribution in [-0.2, 0) is 13.0 Å². The zero-order valence-electron chi connectivity index (χ0n) is 18.3. The standard InChI is InChI=1S/C28H22ClNO4/c29-25-17-21(28(31)32)8-13-27(25)34-24-11-12-26-20(16-24)14-15-30(26)18-19-6-9-23(10-7-19)33-22-4-2-1-3-5-22/h1-13,16-17H,14-15,18H2,(H,31,32). The van der Waals surface area contributed by atoms with Crippen molar-refractivity contribution in [3.8, 4) is 23.0 Å². The summed E-state index contributed by atoms with van der Waals surface area (Å²) in [5, 5.41) is 9.35. The second-order valence-corrected chi connectivity index (χ2v) is 8.48. The Hall–Kier alpha value is -3.96. The van der Waals surface area contributed by atoms with E-state index in [4.69, 9.17) is 26.2 Å². The van der Waals surface area contributed by atoms with Crippen molar-refractivity contribution in [3.05, 3.63) is 113 Å². The molecule has 0 saturated carbocycles. The van der Waals surface area contributed by atoms with Crippen molar-refractivity contribution in [3.63, 3.8) is 0 Å². The van der Waals surface area contributed by atoms with Gasteiger partial charge in [-0.1, -0.05) is 41.9 Å². The van der Waals surface area contributed by atoms with Crippen molar-refractivity contribution < 1.29 is 19.4 Å². The van der Waals surface area contributed by atoms with Gasteiger partial charge in [-0.15, -0.1) is 0 Å². The van der Waals surface area contributed by atoms with Crippen molar-refractivity contribution in [1.82, 2.24) is 0 Å². The third kappa shape index (κ3) is 4.85. The molecule has 0 saturated heterocycles. The fourth-order valence-electron chi connectivity index (χ4n) is 4.03. The lowest BCUT2D eigenvalue weighted by Gasteiger charge is -2.20. The topological polar surface area (TPSA) is 59.0 Å². The van der Waals surface area contributed by atoms with E-state index in [1.165, 1.54) is 28.9 Å². The highest BCUT2D eigenvalue weighted by atomic mass is 35.5. The van der Waals surface area contributed by atoms with Crippen molar-refractivity contribution in [2.45, 2.75) is 13.0 Å². The van der Waals surface area contributed by atoms with Crippen LogP contribution in [0.2, 0.25) is 5.02 Å². The number of carboxylic acids is 1. The highest BCUT2D eigenvalue weighted by molar-refractivity contribution is 6.32. The van der Waals surface area contributed by atoms with E-state index in [0.717, 1.165) is 31.0 Å². The van der Waals surface area contributed by atoms with E-state index < -0.39 is 5.97 Å². The first kappa shape index (κ1) is 21.9. The maximum Gasteiger partial charge on any atom is 0.335 e. The normalized spacial score (nSPS) is 12.3. The average molecular weight is 472 g/mol. The molecule has 170 valence electrons. The molecule has 4 aromatic carbocycles. The lowest BCUT2D eigenvalue weighted by molar-refractivity contribution is 0.0697. The van der Waals surface area contributed by atoms with Gasteiger partial charge in [0.1, 0.15) is 23.0 Å². The van der Waals surface area contributed by atoms with Gasteiger partial charge in [0, 0.05) is 18.8 Å². The van der Waals surface area contributed by atoms with Gasteiger partial charge in [-0.25, -0.2) is 4.79 Å². The number of carboxylic acid groups (broad SMARTS) is 1. The van der Waals surface area contributed by atoms with E-state index in [2.05, 4.69) is 23.1 Å². The Kier molecular flexibility index (Phi) is 6.11. The van der Waals surface area contributed by atoms with Crippen LogP contribution < -0.4 is 14.4 Å². The molecule has 0 amide bonds. The summed E-state index contributed by atoms with van der Waals surface area (Å²) in [4.78, 5) is 13.4. The summed E-state index contributed by atoms with van der Waals surface area (Å²) >= 11 is 6.20. The first-order valence-corrected chi connectivity index (χ1v) is 11.3. The van der Waals surface area contributed by atoms with Crippen LogP contribution in [0.1, 0.15) is 21.5 Å². The van der Waals surface area contributed by atoms with E-state index in [9.17, 15) is 4.79 Å². The molecule has 0 spiro atoms. The molecule has 4 aromatic rings. The van der Waals surface area contributed by atoms with Gasteiger partial charge in [-0.05, 0) is 78.2 Å². The van der Waals surface area contributed by atoms with E-state index in [1.807, 2.05) is 54.6 Å². The second-order valence-electron chi connectivity index (χ2n) is 8.07. The third-order valence-corrected chi connectivity index (χ3v) is 6.02. The van der Waals surface area contributed by atoms with Gasteiger partial charge in [-0.3, -0.25) is 0 Å². The third-order valence-electron chi connectivity index (χ3n) is 5.73. The summed E-state index contributed by atoms with van der Waals surface area (Å²) < 4.78 is 11.8. The van der Waals surface area contributed by atoms with Crippen LogP contribution in [0.3, 0.4) is 0 Å². The number of para-hydroxylation sites is 1. The minimum Gasteiger partial charge on any atom is -0.478 e. The molecular formula is C28H22ClNO4. The number of anilines is 1. The molecule has 5 nitrogen and oxygen atoms in total. The Morgan fingerprint density at radius 1 is 0.853 bits per heavy atom. The summed E-state index contributed by atoms with van der Waals surface area (Å²) in [5.74, 6) is 1.71. The molecule has 1 aliphatic heterocycles. The van der Waals surface area contributed by atoms with Crippen molar-refractivity contribution >= 4 is 23.3 Å². The molecule has 0 bridgehead atoms. The molecule has 0 aliphatic carbocycles. The van der Waals surface area contributed by atoms with Gasteiger partial charge in [-0.2, -0.15) is 0 Å². The Morgan fingerprint density at radius 3 is 2.32 bits per heavy atom. The SMILES string of the molecule is O=C(O)c1ccc(Oc2ccc3c(c2)CCN3Cc2ccc(Oc3ccccc3)cc2)c(Cl)c1. The molecule has 5 rings (SSSR count). The molecule has 0 aromatic heterocycles. The first-order valence-electron chi connectivity index (χ1n) is 11.0. The fourth-order valence-corrected chi connectivity index (χ4v) is 4.24. The Bertz CT molecular complexity index is 1320. The van der Waals surface area contributed by atoms with Crippen molar-refractivity contribution in [2.75, 3.05) is 11.4 Å². The van der Waals surface area contributed by atoms with Gasteiger partial charge in [0.2, 0.25) is 0 Å². The highest BCUT2D eigenvalue weighted by Crippen LogP contribution is 2.36. The van der Waals surface area contributed by atoms with Gasteiger partial charge in [0.05, 0.1) is 10.6 Å². The molecule has 0 unspecified atom stereocenters. The number of carbonyl (C=O) groups is 1. The van der Waals surface area contributed by atoms with E-state index in [1.54, 1.807) is 6.07 Å². The van der Waals surface area contributed by atoms with E-state index in [0.29, 0.717) is 11.5 Å². The fraction of sp³-hybridized carbons (Fsp3) is 0.107. The van der Waals surface area contributed by atoms with Crippen LogP contribution in [-0.4, -0.2) is 17.6 Å². The van der Waals surface area contributed by atoms with Gasteiger partial charge in [0.15, 0.2) is 0 Å². The number of ether oxygens (including phenoxy) is 2. The average Bonchev–Trinajstić information content (AvgIpc) is 3.24. The molecule has 34 heavy (non-hydrogen) atoms. The van der Waals surface area contributed by atoms with E-state index in [-0.39, 0.29) is 10.6 Å². The number of halogens is 1. The maximum atomic E-state index is 11.1. The van der Waals surface area contributed by atoms with E-state index >= 15 is 0 Å². The van der Waals surface area contributed by atoms with Crippen molar-refractivity contribution in [2.24, 2.45) is 0 Å². The maximum absolute atomic E-state index is 11.1.